The molecule has 0 heterocycles. The highest BCUT2D eigenvalue weighted by molar-refractivity contribution is 7.91. The summed E-state index contributed by atoms with van der Waals surface area (Å²) in [7, 11) is -29.9. The monoisotopic (exact) mass is 795 g/mol. The molecule has 0 aromatic carbocycles. The molecule has 0 atom stereocenters. The van der Waals surface area contributed by atoms with Gasteiger partial charge in [0, 0.05) is 13.6 Å². The zero-order valence-corrected chi connectivity index (χ0v) is 31.0. The Morgan fingerprint density at radius 3 is 0.787 bits per heavy atom. The number of halogens is 5. The number of unbranched alkanes of at least 4 members (excludes halogenated alkanes) is 5. The molecule has 0 rings (SSSR count). The van der Waals surface area contributed by atoms with Gasteiger partial charge in [0.15, 0.2) is 0 Å². The second kappa shape index (κ2) is 19.0. The molecular formula is C22H46F5N5O10S5. The van der Waals surface area contributed by atoms with Gasteiger partial charge in [-0.1, -0.05) is 66.7 Å². The van der Waals surface area contributed by atoms with E-state index in [9.17, 15) is 42.1 Å². The van der Waals surface area contributed by atoms with Crippen LogP contribution in [0, 0.1) is 0 Å². The molecule has 0 N–H and O–H groups in total. The van der Waals surface area contributed by atoms with Gasteiger partial charge in [-0.2, -0.15) is 0 Å². The van der Waals surface area contributed by atoms with Gasteiger partial charge in [0.05, 0.1) is 28.8 Å². The number of sulfonamides is 5. The maximum Gasteiger partial charge on any atom is 0.293 e. The molecule has 0 aromatic heterocycles. The first kappa shape index (κ1) is 46.2. The Bertz CT molecular complexity index is 1370. The molecule has 15 nitrogen and oxygen atoms in total. The van der Waals surface area contributed by atoms with Gasteiger partial charge in [-0.3, -0.25) is 0 Å². The van der Waals surface area contributed by atoms with Crippen molar-refractivity contribution in [2.45, 2.75) is 111 Å². The third kappa shape index (κ3) is 11.4. The highest BCUT2D eigenvalue weighted by atomic mass is 32.2. The second-order valence-corrected chi connectivity index (χ2v) is 20.1. The van der Waals surface area contributed by atoms with Crippen LogP contribution in [-0.2, 0) is 50.1 Å². The lowest BCUT2D eigenvalue weighted by Crippen LogP contribution is -2.78. The number of nitrogens with zero attached hydrogens (tertiary/aromatic N) is 5. The number of hydrogen-bond donors (Lipinski definition) is 0. The van der Waals surface area contributed by atoms with Crippen molar-refractivity contribution >= 4 is 50.1 Å². The Kier molecular flexibility index (Phi) is 18.7. The molecule has 0 saturated carbocycles. The van der Waals surface area contributed by atoms with Gasteiger partial charge in [-0.05, 0) is 41.2 Å². The van der Waals surface area contributed by atoms with Crippen LogP contribution in [0.25, 0.3) is 0 Å². The van der Waals surface area contributed by atoms with E-state index in [4.69, 9.17) is 0 Å². The smallest absolute Gasteiger partial charge is 0.210 e. The van der Waals surface area contributed by atoms with E-state index in [1.807, 2.05) is 0 Å². The molecule has 0 unspecified atom stereocenters. The Hall–Kier alpha value is -0.800. The molecule has 0 amide bonds. The Morgan fingerprint density at radius 1 is 0.404 bits per heavy atom. The van der Waals surface area contributed by atoms with Crippen molar-refractivity contribution < 1.29 is 64.5 Å². The molecule has 0 spiro atoms. The van der Waals surface area contributed by atoms with Crippen molar-refractivity contribution in [3.05, 3.63) is 0 Å². The van der Waals surface area contributed by atoms with Gasteiger partial charge in [0.2, 0.25) is 56.3 Å². The third-order valence-corrected chi connectivity index (χ3v) is 14.3. The lowest BCUT2D eigenvalue weighted by atomic mass is 10.3. The summed E-state index contributed by atoms with van der Waals surface area (Å²) in [5.41, 5.74) is 0. The summed E-state index contributed by atoms with van der Waals surface area (Å²) >= 11 is 0. The summed E-state index contributed by atoms with van der Waals surface area (Å²) in [5.74, 6) is -13.0. The van der Waals surface area contributed by atoms with E-state index in [0.29, 0.717) is 0 Å². The van der Waals surface area contributed by atoms with Gasteiger partial charge >= 0.3 is 0 Å². The van der Waals surface area contributed by atoms with E-state index >= 15 is 22.4 Å². The predicted molar refractivity (Wildman–Crippen MR) is 165 cm³/mol. The fraction of sp³-hybridized carbons (Fsp3) is 1.00. The second-order valence-electron chi connectivity index (χ2n) is 10.5. The quantitative estimate of drug-likeness (QED) is 0.0712. The SMILES string of the molecule is CCCCS(=O)(=O)N(F)C(N(F)S(=O)(=O)CCCC)C(N(F)S(=O)(=O)CCCC)(N(F)S(=O)(=O)CCCC)N(F)S(=O)(=O)CCCC. The summed E-state index contributed by atoms with van der Waals surface area (Å²) in [5, 5.41) is 0. The van der Waals surface area contributed by atoms with Gasteiger partial charge in [0.1, 0.15) is 0 Å². The standard InChI is InChI=1S/C22H46F5N5O10S5/c1-6-11-16-43(33,34)28(23)21(29(24)44(35,36)17-12-7-2)22(30(25)45(37,38)18-13-8-3,31(26)46(39,40)19-14-9-4)32(27)47(41,42)20-15-10-5/h21H,6-20H2,1-5H3. The van der Waals surface area contributed by atoms with E-state index in [0.717, 1.165) is 0 Å². The average Bonchev–Trinajstić information content (AvgIpc) is 3.00. The molecule has 25 heteroatoms. The average molecular weight is 796 g/mol. The first-order valence-electron chi connectivity index (χ1n) is 14.9. The Morgan fingerprint density at radius 2 is 0.596 bits per heavy atom. The normalized spacial score (nSPS) is 14.5. The summed E-state index contributed by atoms with van der Waals surface area (Å²) in [6.07, 6.45) is -7.71. The van der Waals surface area contributed by atoms with E-state index in [-0.39, 0.29) is 32.1 Å². The highest BCUT2D eigenvalue weighted by Crippen LogP contribution is 2.44. The summed E-state index contributed by atoms with van der Waals surface area (Å²) in [6.45, 7) is 6.76. The lowest BCUT2D eigenvalue weighted by molar-refractivity contribution is -0.301. The van der Waals surface area contributed by atoms with Gasteiger partial charge in [-0.15, -0.1) is 22.4 Å². The summed E-state index contributed by atoms with van der Waals surface area (Å²) in [6, 6.07) is 0. The van der Waals surface area contributed by atoms with Crippen molar-refractivity contribution in [2.75, 3.05) is 28.8 Å². The molecule has 47 heavy (non-hydrogen) atoms. The van der Waals surface area contributed by atoms with Crippen LogP contribution < -0.4 is 0 Å². The Labute approximate surface area is 276 Å². The van der Waals surface area contributed by atoms with Crippen LogP contribution >= 0.6 is 0 Å². The van der Waals surface area contributed by atoms with Crippen molar-refractivity contribution in [1.82, 2.24) is 22.6 Å². The van der Waals surface area contributed by atoms with Gasteiger partial charge < -0.3 is 0 Å². The first-order valence-corrected chi connectivity index (χ1v) is 22.9. The van der Waals surface area contributed by atoms with Crippen molar-refractivity contribution in [3.63, 3.8) is 0 Å². The number of rotatable bonds is 26. The minimum Gasteiger partial charge on any atom is -0.210 e. The zero-order valence-electron chi connectivity index (χ0n) is 26.9. The van der Waals surface area contributed by atoms with Gasteiger partial charge in [0.25, 0.3) is 5.79 Å². The number of hydrogen-bond acceptors (Lipinski definition) is 10. The van der Waals surface area contributed by atoms with E-state index < -0.39 is 146 Å². The van der Waals surface area contributed by atoms with Gasteiger partial charge in [-0.25, -0.2) is 42.1 Å². The highest BCUT2D eigenvalue weighted by Gasteiger charge is 2.73. The van der Waals surface area contributed by atoms with E-state index in [1.165, 1.54) is 34.6 Å². The molecule has 0 aromatic rings. The molecule has 0 radical (unpaired) electrons. The van der Waals surface area contributed by atoms with Crippen LogP contribution in [0.15, 0.2) is 0 Å². The maximum absolute atomic E-state index is 16.7. The van der Waals surface area contributed by atoms with E-state index in [1.54, 1.807) is 0 Å². The van der Waals surface area contributed by atoms with E-state index in [2.05, 4.69) is 0 Å². The first-order chi connectivity index (χ1) is 21.5. The molecule has 0 aliphatic carbocycles. The molecule has 0 aliphatic heterocycles. The molecule has 0 fully saturated rings. The van der Waals surface area contributed by atoms with Crippen LogP contribution in [0.5, 0.6) is 0 Å². The molecule has 0 saturated heterocycles. The summed E-state index contributed by atoms with van der Waals surface area (Å²) < 4.78 is 204. The lowest BCUT2D eigenvalue weighted by Gasteiger charge is -2.47. The van der Waals surface area contributed by atoms with Crippen LogP contribution in [0.2, 0.25) is 0 Å². The minimum atomic E-state index is -6.07. The van der Waals surface area contributed by atoms with Crippen LogP contribution in [0.1, 0.15) is 98.8 Å². The fourth-order valence-electron chi connectivity index (χ4n) is 3.77. The summed E-state index contributed by atoms with van der Waals surface area (Å²) in [4.78, 5) is 0. The van der Waals surface area contributed by atoms with Crippen molar-refractivity contribution in [3.8, 4) is 0 Å². The third-order valence-electron chi connectivity index (χ3n) is 6.55. The molecule has 284 valence electrons. The largest absolute Gasteiger partial charge is 0.293 e. The van der Waals surface area contributed by atoms with Crippen LogP contribution in [0.3, 0.4) is 0 Å². The fourth-order valence-corrected chi connectivity index (χ4v) is 11.1. The molecule has 0 bridgehead atoms. The topological polar surface area (TPSA) is 187 Å². The van der Waals surface area contributed by atoms with Crippen molar-refractivity contribution in [1.29, 1.82) is 0 Å². The van der Waals surface area contributed by atoms with Crippen LogP contribution in [0.4, 0.5) is 22.4 Å². The molecule has 0 aliphatic rings. The minimum absolute atomic E-state index is 0.0427. The maximum atomic E-state index is 16.7. The predicted octanol–water partition coefficient (Wildman–Crippen LogP) is 3.55. The van der Waals surface area contributed by atoms with Crippen LogP contribution in [-0.4, -0.2) is 105 Å². The molecular weight excluding hydrogens is 750 g/mol. The van der Waals surface area contributed by atoms with Crippen molar-refractivity contribution in [2.24, 2.45) is 0 Å². The Balaban J connectivity index is 8.82. The zero-order chi connectivity index (χ0) is 37.1.